The maximum atomic E-state index is 5.89. The highest BCUT2D eigenvalue weighted by atomic mass is 16.3. The van der Waals surface area contributed by atoms with Crippen LogP contribution >= 0.6 is 0 Å². The van der Waals surface area contributed by atoms with Crippen LogP contribution in [-0.2, 0) is 5.41 Å². The first-order valence-electron chi connectivity index (χ1n) is 18.2. The van der Waals surface area contributed by atoms with Crippen molar-refractivity contribution < 1.29 is 4.42 Å². The van der Waals surface area contributed by atoms with E-state index in [2.05, 4.69) is 198 Å². The van der Waals surface area contributed by atoms with Crippen molar-refractivity contribution in [3.05, 3.63) is 187 Å². The number of nitrogens with zero attached hydrogens (tertiary/aromatic N) is 3. The normalized spacial score (nSPS) is 13.6. The zero-order valence-electron chi connectivity index (χ0n) is 29.5. The van der Waals surface area contributed by atoms with E-state index in [0.717, 1.165) is 44.6 Å². The van der Waals surface area contributed by atoms with Crippen LogP contribution < -0.4 is 4.90 Å². The van der Waals surface area contributed by atoms with Crippen LogP contribution in [0.15, 0.2) is 181 Å². The molecule has 1 aliphatic rings. The monoisotopic (exact) mass is 681 g/mol. The Morgan fingerprint density at radius 1 is 0.472 bits per heavy atom. The number of anilines is 3. The minimum Gasteiger partial charge on any atom is -0.464 e. The third-order valence-electron chi connectivity index (χ3n) is 11.3. The second-order valence-corrected chi connectivity index (χ2v) is 14.7. The van der Waals surface area contributed by atoms with E-state index in [1.807, 2.05) is 0 Å². The zero-order chi connectivity index (χ0) is 35.3. The molecular weight excluding hydrogens is 647 g/mol. The van der Waals surface area contributed by atoms with E-state index in [1.165, 1.54) is 49.7 Å². The van der Waals surface area contributed by atoms with Crippen molar-refractivity contribution in [2.75, 3.05) is 4.90 Å². The van der Waals surface area contributed by atoms with Gasteiger partial charge >= 0.3 is 0 Å². The molecule has 4 heteroatoms. The van der Waals surface area contributed by atoms with Gasteiger partial charge in [0.2, 0.25) is 0 Å². The summed E-state index contributed by atoms with van der Waals surface area (Å²) in [7, 11) is 0. The number of hydrogen-bond donors (Lipinski definition) is 0. The van der Waals surface area contributed by atoms with E-state index in [0.29, 0.717) is 0 Å². The quantitative estimate of drug-likeness (QED) is 0.185. The molecule has 0 amide bonds. The van der Waals surface area contributed by atoms with Crippen molar-refractivity contribution >= 4 is 60.7 Å². The summed E-state index contributed by atoms with van der Waals surface area (Å²) in [5.41, 5.74) is 14.9. The molecule has 0 saturated carbocycles. The van der Waals surface area contributed by atoms with Crippen LogP contribution in [0.5, 0.6) is 0 Å². The summed E-state index contributed by atoms with van der Waals surface area (Å²) in [6, 6.07) is 59.7. The Balaban J connectivity index is 1.23. The Hall–Kier alpha value is -6.78. The van der Waals surface area contributed by atoms with Crippen LogP contribution in [0, 0.1) is 0 Å². The lowest BCUT2D eigenvalue weighted by Gasteiger charge is -2.42. The van der Waals surface area contributed by atoms with E-state index in [-0.39, 0.29) is 5.41 Å². The lowest BCUT2D eigenvalue weighted by Crippen LogP contribution is -2.30. The number of aromatic nitrogens is 2. The van der Waals surface area contributed by atoms with Gasteiger partial charge in [-0.3, -0.25) is 0 Å². The van der Waals surface area contributed by atoms with Crippen LogP contribution in [0.1, 0.15) is 25.0 Å². The molecule has 0 atom stereocenters. The fraction of sp³-hybridized carbons (Fsp3) is 0.0612. The second-order valence-electron chi connectivity index (χ2n) is 14.7. The Morgan fingerprint density at radius 2 is 1.23 bits per heavy atom. The predicted octanol–water partition coefficient (Wildman–Crippen LogP) is 13.2. The van der Waals surface area contributed by atoms with Gasteiger partial charge in [-0.25, -0.2) is 0 Å². The average Bonchev–Trinajstić information content (AvgIpc) is 3.92. The predicted molar refractivity (Wildman–Crippen MR) is 220 cm³/mol. The van der Waals surface area contributed by atoms with Gasteiger partial charge in [-0.15, -0.1) is 0 Å². The van der Waals surface area contributed by atoms with Gasteiger partial charge in [-0.1, -0.05) is 98.8 Å². The number of benzene rings is 7. The smallest absolute Gasteiger partial charge is 0.134 e. The third kappa shape index (κ3) is 4.42. The lowest BCUT2D eigenvalue weighted by atomic mass is 9.73. The molecule has 252 valence electrons. The first-order valence-corrected chi connectivity index (χ1v) is 18.2. The molecule has 11 rings (SSSR count). The van der Waals surface area contributed by atoms with E-state index >= 15 is 0 Å². The summed E-state index contributed by atoms with van der Waals surface area (Å²) in [5.74, 6) is 0. The summed E-state index contributed by atoms with van der Waals surface area (Å²) >= 11 is 0. The Kier molecular flexibility index (Phi) is 6.27. The molecule has 0 bridgehead atoms. The number of furan rings is 1. The molecule has 0 aliphatic carbocycles. The van der Waals surface area contributed by atoms with Gasteiger partial charge in [0.05, 0.1) is 34.2 Å². The number of rotatable bonds is 4. The molecule has 4 heterocycles. The topological polar surface area (TPSA) is 26.2 Å². The van der Waals surface area contributed by atoms with Gasteiger partial charge in [-0.2, -0.15) is 0 Å². The molecule has 0 N–H and O–H groups in total. The van der Waals surface area contributed by atoms with Crippen LogP contribution in [0.2, 0.25) is 0 Å². The van der Waals surface area contributed by atoms with Crippen molar-refractivity contribution in [1.29, 1.82) is 0 Å². The van der Waals surface area contributed by atoms with E-state index in [4.69, 9.17) is 4.42 Å². The molecule has 4 nitrogen and oxygen atoms in total. The minimum absolute atomic E-state index is 0.214. The molecule has 3 aromatic heterocycles. The van der Waals surface area contributed by atoms with Crippen LogP contribution in [-0.4, -0.2) is 9.13 Å². The molecule has 0 fully saturated rings. The van der Waals surface area contributed by atoms with Crippen molar-refractivity contribution in [1.82, 2.24) is 9.13 Å². The van der Waals surface area contributed by atoms with Crippen LogP contribution in [0.4, 0.5) is 17.1 Å². The Bertz CT molecular complexity index is 3030. The third-order valence-corrected chi connectivity index (χ3v) is 11.3. The molecule has 10 aromatic rings. The van der Waals surface area contributed by atoms with Crippen molar-refractivity contribution in [3.63, 3.8) is 0 Å². The minimum atomic E-state index is -0.214. The average molecular weight is 682 g/mol. The fourth-order valence-corrected chi connectivity index (χ4v) is 8.77. The number of fused-ring (bicyclic) bond motifs is 7. The second kappa shape index (κ2) is 11.1. The highest BCUT2D eigenvalue weighted by Gasteiger charge is 2.37. The number of para-hydroxylation sites is 3. The first-order chi connectivity index (χ1) is 26.0. The maximum Gasteiger partial charge on any atom is 0.134 e. The highest BCUT2D eigenvalue weighted by Crippen LogP contribution is 2.53. The Morgan fingerprint density at radius 3 is 2.09 bits per heavy atom. The van der Waals surface area contributed by atoms with Crippen molar-refractivity contribution in [2.24, 2.45) is 0 Å². The molecule has 53 heavy (non-hydrogen) atoms. The standard InChI is InChI=1S/C49H35N3O/c1-49(2)41-18-10-12-20-44(41)52(47-31-45-33(27-42(47)49)21-23-50(45)36-15-7-4-8-16-36)38-26-35(32-13-5-3-6-14-32)25-37(29-38)51-43-19-11-9-17-39(43)40-30-48-34(22-24-53-48)28-46(40)51/h3-31H,1-2H3. The summed E-state index contributed by atoms with van der Waals surface area (Å²) < 4.78 is 10.6. The van der Waals surface area contributed by atoms with Gasteiger partial charge in [0, 0.05) is 50.2 Å². The first kappa shape index (κ1) is 29.9. The van der Waals surface area contributed by atoms with Crippen LogP contribution in [0.3, 0.4) is 0 Å². The van der Waals surface area contributed by atoms with Gasteiger partial charge in [0.15, 0.2) is 0 Å². The van der Waals surface area contributed by atoms with Gasteiger partial charge in [0.25, 0.3) is 0 Å². The molecular formula is C49H35N3O. The SMILES string of the molecule is CC1(C)c2ccccc2N(c2cc(-c3ccccc3)cc(-n3c4ccccc4c4cc5occc5cc43)c2)c2cc3c(ccn3-c3ccccc3)cc21. The summed E-state index contributed by atoms with van der Waals surface area (Å²) in [6.45, 7) is 4.73. The van der Waals surface area contributed by atoms with Gasteiger partial charge < -0.3 is 18.5 Å². The molecule has 1 aliphatic heterocycles. The molecule has 0 spiro atoms. The van der Waals surface area contributed by atoms with E-state index in [9.17, 15) is 0 Å². The van der Waals surface area contributed by atoms with E-state index in [1.54, 1.807) is 6.26 Å². The molecule has 0 radical (unpaired) electrons. The molecule has 7 aromatic carbocycles. The zero-order valence-corrected chi connectivity index (χ0v) is 29.5. The fourth-order valence-electron chi connectivity index (χ4n) is 8.77. The Labute approximate surface area is 307 Å². The summed E-state index contributed by atoms with van der Waals surface area (Å²) in [4.78, 5) is 2.50. The van der Waals surface area contributed by atoms with Crippen molar-refractivity contribution in [3.8, 4) is 22.5 Å². The molecule has 0 saturated heterocycles. The van der Waals surface area contributed by atoms with Crippen molar-refractivity contribution in [2.45, 2.75) is 19.3 Å². The summed E-state index contributed by atoms with van der Waals surface area (Å²) in [5, 5.41) is 4.70. The highest BCUT2D eigenvalue weighted by molar-refractivity contribution is 6.13. The van der Waals surface area contributed by atoms with E-state index < -0.39 is 0 Å². The maximum absolute atomic E-state index is 5.89. The molecule has 0 unspecified atom stereocenters. The number of hydrogen-bond acceptors (Lipinski definition) is 2. The van der Waals surface area contributed by atoms with Gasteiger partial charge in [0.1, 0.15) is 5.58 Å². The van der Waals surface area contributed by atoms with Crippen LogP contribution in [0.25, 0.3) is 66.2 Å². The largest absolute Gasteiger partial charge is 0.464 e. The lowest BCUT2D eigenvalue weighted by molar-refractivity contribution is 0.616. The van der Waals surface area contributed by atoms with Gasteiger partial charge in [-0.05, 0) is 101 Å². The summed E-state index contributed by atoms with van der Waals surface area (Å²) in [6.07, 6.45) is 3.98.